The predicted molar refractivity (Wildman–Crippen MR) is 97.4 cm³/mol. The van der Waals surface area contributed by atoms with Crippen LogP contribution in [-0.2, 0) is 9.53 Å². The van der Waals surface area contributed by atoms with Gasteiger partial charge in [-0.25, -0.2) is 0 Å². The molecule has 24 heavy (non-hydrogen) atoms. The number of likely N-dealkylation sites (N-methyl/N-ethyl adjacent to an activating group) is 1. The Morgan fingerprint density at radius 3 is 2.71 bits per heavy atom. The van der Waals surface area contributed by atoms with Gasteiger partial charge >= 0.3 is 0 Å². The van der Waals surface area contributed by atoms with E-state index in [9.17, 15) is 4.79 Å². The third-order valence-corrected chi connectivity index (χ3v) is 4.67. The smallest absolute Gasteiger partial charge is 0.253 e. The summed E-state index contributed by atoms with van der Waals surface area (Å²) in [5, 5.41) is 11.9. The number of nitrogens with one attached hydrogen (secondary N) is 1. The van der Waals surface area contributed by atoms with Crippen LogP contribution in [0, 0.1) is 5.92 Å². The van der Waals surface area contributed by atoms with Gasteiger partial charge in [0.1, 0.15) is 6.10 Å². The number of benzene rings is 1. The molecule has 0 heterocycles. The summed E-state index contributed by atoms with van der Waals surface area (Å²) in [6.45, 7) is 4.76. The highest BCUT2D eigenvalue weighted by atomic mass is 16.5. The second-order valence-corrected chi connectivity index (χ2v) is 6.85. The molecule has 0 aromatic heterocycles. The number of rotatable bonds is 7. The van der Waals surface area contributed by atoms with E-state index in [1.165, 1.54) is 12.8 Å². The Labute approximate surface area is 145 Å². The van der Waals surface area contributed by atoms with Crippen LogP contribution >= 0.6 is 0 Å². The van der Waals surface area contributed by atoms with Crippen molar-refractivity contribution in [3.8, 4) is 0 Å². The van der Waals surface area contributed by atoms with E-state index in [2.05, 4.69) is 12.2 Å². The average molecular weight is 334 g/mol. The van der Waals surface area contributed by atoms with Gasteiger partial charge in [0.05, 0.1) is 12.7 Å². The molecule has 1 amide bonds. The first-order valence-corrected chi connectivity index (χ1v) is 8.88. The van der Waals surface area contributed by atoms with Crippen molar-refractivity contribution in [1.29, 1.82) is 0 Å². The van der Waals surface area contributed by atoms with E-state index in [0.29, 0.717) is 12.5 Å². The highest BCUT2D eigenvalue weighted by Crippen LogP contribution is 2.26. The van der Waals surface area contributed by atoms with Crippen LogP contribution in [0.5, 0.6) is 0 Å². The van der Waals surface area contributed by atoms with Crippen LogP contribution in [0.3, 0.4) is 0 Å². The Balaban J connectivity index is 1.84. The zero-order valence-electron chi connectivity index (χ0n) is 15.0. The number of amides is 1. The lowest BCUT2D eigenvalue weighted by Crippen LogP contribution is -2.33. The van der Waals surface area contributed by atoms with Crippen molar-refractivity contribution in [2.24, 2.45) is 5.92 Å². The molecule has 3 atom stereocenters. The van der Waals surface area contributed by atoms with E-state index in [4.69, 9.17) is 9.84 Å². The van der Waals surface area contributed by atoms with Crippen molar-refractivity contribution in [1.82, 2.24) is 0 Å². The maximum atomic E-state index is 12.3. The van der Waals surface area contributed by atoms with E-state index < -0.39 is 6.10 Å². The van der Waals surface area contributed by atoms with Crippen molar-refractivity contribution in [3.63, 3.8) is 0 Å². The van der Waals surface area contributed by atoms with E-state index in [1.807, 2.05) is 43.1 Å². The number of anilines is 2. The summed E-state index contributed by atoms with van der Waals surface area (Å²) in [5.74, 6) is 0.576. The Morgan fingerprint density at radius 1 is 1.38 bits per heavy atom. The molecule has 5 heteroatoms. The summed E-state index contributed by atoms with van der Waals surface area (Å²) >= 11 is 0. The standard InChI is InChI=1S/C19H30N2O3/c1-14-5-4-6-18(13-14)24-15(2)19(23)20-16-7-9-17(10-8-16)21(3)11-12-22/h7-10,14-15,18,22H,4-6,11-13H2,1-3H3,(H,20,23). The monoisotopic (exact) mass is 334 g/mol. The van der Waals surface area contributed by atoms with Crippen molar-refractivity contribution >= 4 is 17.3 Å². The lowest BCUT2D eigenvalue weighted by molar-refractivity contribution is -0.131. The second kappa shape index (κ2) is 9.04. The maximum absolute atomic E-state index is 12.3. The number of nitrogens with zero attached hydrogens (tertiary/aromatic N) is 1. The van der Waals surface area contributed by atoms with Crippen LogP contribution in [-0.4, -0.2) is 43.4 Å². The lowest BCUT2D eigenvalue weighted by atomic mass is 9.88. The van der Waals surface area contributed by atoms with Crippen LogP contribution in [0.2, 0.25) is 0 Å². The summed E-state index contributed by atoms with van der Waals surface area (Å²) in [7, 11) is 1.92. The largest absolute Gasteiger partial charge is 0.395 e. The van der Waals surface area contributed by atoms with Crippen LogP contribution in [0.25, 0.3) is 0 Å². The first kappa shape index (κ1) is 18.7. The number of carbonyl (C=O) groups excluding carboxylic acids is 1. The number of hydrogen-bond acceptors (Lipinski definition) is 4. The van der Waals surface area contributed by atoms with Gasteiger partial charge < -0.3 is 20.1 Å². The molecule has 0 bridgehead atoms. The van der Waals surface area contributed by atoms with Crippen LogP contribution in [0.1, 0.15) is 39.5 Å². The molecule has 0 radical (unpaired) electrons. The van der Waals surface area contributed by atoms with Gasteiger partial charge in [-0.15, -0.1) is 0 Å². The molecule has 2 N–H and O–H groups in total. The lowest BCUT2D eigenvalue weighted by Gasteiger charge is -2.29. The van der Waals surface area contributed by atoms with E-state index >= 15 is 0 Å². The molecular weight excluding hydrogens is 304 g/mol. The second-order valence-electron chi connectivity index (χ2n) is 6.85. The van der Waals surface area contributed by atoms with E-state index in [0.717, 1.165) is 24.2 Å². The van der Waals surface area contributed by atoms with Crippen molar-refractivity contribution in [2.75, 3.05) is 30.4 Å². The van der Waals surface area contributed by atoms with Gasteiger partial charge in [0.25, 0.3) is 5.91 Å². The fourth-order valence-electron chi connectivity index (χ4n) is 3.17. The molecule has 2 rings (SSSR count). The molecule has 3 unspecified atom stereocenters. The van der Waals surface area contributed by atoms with Crippen LogP contribution < -0.4 is 10.2 Å². The summed E-state index contributed by atoms with van der Waals surface area (Å²) < 4.78 is 5.94. The topological polar surface area (TPSA) is 61.8 Å². The molecule has 134 valence electrons. The Bertz CT molecular complexity index is 518. The fraction of sp³-hybridized carbons (Fsp3) is 0.632. The summed E-state index contributed by atoms with van der Waals surface area (Å²) in [4.78, 5) is 14.3. The van der Waals surface area contributed by atoms with Crippen molar-refractivity contribution in [3.05, 3.63) is 24.3 Å². The average Bonchev–Trinajstić information content (AvgIpc) is 2.55. The molecule has 1 aromatic carbocycles. The third kappa shape index (κ3) is 5.49. The normalized spacial score (nSPS) is 22.0. The SMILES string of the molecule is CC1CCCC(OC(C)C(=O)Nc2ccc(N(C)CCO)cc2)C1. The quantitative estimate of drug-likeness (QED) is 0.804. The van der Waals surface area contributed by atoms with Gasteiger partial charge in [-0.1, -0.05) is 19.8 Å². The molecule has 1 fully saturated rings. The Hall–Kier alpha value is -1.59. The third-order valence-electron chi connectivity index (χ3n) is 4.67. The highest BCUT2D eigenvalue weighted by molar-refractivity contribution is 5.94. The molecule has 0 spiro atoms. The van der Waals surface area contributed by atoms with Gasteiger partial charge in [-0.2, -0.15) is 0 Å². The van der Waals surface area contributed by atoms with Crippen molar-refractivity contribution < 1.29 is 14.6 Å². The zero-order chi connectivity index (χ0) is 17.5. The number of aliphatic hydroxyl groups is 1. The minimum Gasteiger partial charge on any atom is -0.395 e. The minimum absolute atomic E-state index is 0.107. The molecule has 1 saturated carbocycles. The summed E-state index contributed by atoms with van der Waals surface area (Å²) in [6, 6.07) is 7.60. The molecule has 5 nitrogen and oxygen atoms in total. The molecular formula is C19H30N2O3. The van der Waals surface area contributed by atoms with Crippen molar-refractivity contribution in [2.45, 2.75) is 51.7 Å². The zero-order valence-corrected chi connectivity index (χ0v) is 15.0. The summed E-state index contributed by atoms with van der Waals surface area (Å²) in [5.41, 5.74) is 1.76. The van der Waals surface area contributed by atoms with Crippen LogP contribution in [0.4, 0.5) is 11.4 Å². The van der Waals surface area contributed by atoms with E-state index in [1.54, 1.807) is 0 Å². The number of carbonyl (C=O) groups is 1. The van der Waals surface area contributed by atoms with Gasteiger partial charge in [-0.3, -0.25) is 4.79 Å². The predicted octanol–water partition coefficient (Wildman–Crippen LogP) is 3.04. The Morgan fingerprint density at radius 2 is 2.08 bits per heavy atom. The first-order valence-electron chi connectivity index (χ1n) is 8.88. The number of aliphatic hydroxyl groups excluding tert-OH is 1. The summed E-state index contributed by atoms with van der Waals surface area (Å²) in [6.07, 6.45) is 4.29. The molecule has 0 aliphatic heterocycles. The molecule has 1 aliphatic rings. The van der Waals surface area contributed by atoms with Gasteiger partial charge in [-0.05, 0) is 49.9 Å². The highest BCUT2D eigenvalue weighted by Gasteiger charge is 2.24. The molecule has 0 saturated heterocycles. The van der Waals surface area contributed by atoms with Gasteiger partial charge in [0, 0.05) is 25.0 Å². The maximum Gasteiger partial charge on any atom is 0.253 e. The van der Waals surface area contributed by atoms with Gasteiger partial charge in [0.2, 0.25) is 0 Å². The van der Waals surface area contributed by atoms with E-state index in [-0.39, 0.29) is 18.6 Å². The fourth-order valence-corrected chi connectivity index (χ4v) is 3.17. The van der Waals surface area contributed by atoms with Gasteiger partial charge in [0.15, 0.2) is 0 Å². The number of hydrogen-bond donors (Lipinski definition) is 2. The minimum atomic E-state index is -0.447. The number of ether oxygens (including phenoxy) is 1. The Kier molecular flexibility index (Phi) is 7.06. The first-order chi connectivity index (χ1) is 11.5. The van der Waals surface area contributed by atoms with Crippen LogP contribution in [0.15, 0.2) is 24.3 Å². The molecule has 1 aliphatic carbocycles. The molecule has 1 aromatic rings.